The molecular weight excluding hydrogens is 184 g/mol. The lowest BCUT2D eigenvalue weighted by molar-refractivity contribution is -0.248. The summed E-state index contributed by atoms with van der Waals surface area (Å²) >= 11 is 0. The van der Waals surface area contributed by atoms with Crippen molar-refractivity contribution in [1.82, 2.24) is 0 Å². The Morgan fingerprint density at radius 2 is 2.07 bits per heavy atom. The van der Waals surface area contributed by atoms with Crippen molar-refractivity contribution in [2.75, 3.05) is 7.11 Å². The largest absolute Gasteiger partial charge is 0.507 e. The van der Waals surface area contributed by atoms with Crippen molar-refractivity contribution in [2.24, 2.45) is 0 Å². The quantitative estimate of drug-likeness (QED) is 0.450. The van der Waals surface area contributed by atoms with Crippen LogP contribution in [0.1, 0.15) is 5.56 Å². The van der Waals surface area contributed by atoms with Gasteiger partial charge in [0.25, 0.3) is 0 Å². The van der Waals surface area contributed by atoms with Gasteiger partial charge in [0.2, 0.25) is 0 Å². The fraction of sp³-hybridized carbons (Fsp3) is 0.100. The second-order valence-electron chi connectivity index (χ2n) is 2.53. The van der Waals surface area contributed by atoms with Gasteiger partial charge in [0.15, 0.2) is 0 Å². The molecule has 0 fully saturated rings. The Bertz CT molecular complexity index is 357. The third kappa shape index (κ3) is 2.11. The molecule has 0 saturated heterocycles. The summed E-state index contributed by atoms with van der Waals surface area (Å²) in [4.78, 5) is 19.6. The lowest BCUT2D eigenvalue weighted by Crippen LogP contribution is -2.05. The minimum Gasteiger partial charge on any atom is -0.507 e. The van der Waals surface area contributed by atoms with E-state index in [1.54, 1.807) is 18.2 Å². The third-order valence-electron chi connectivity index (χ3n) is 1.63. The van der Waals surface area contributed by atoms with Crippen LogP contribution in [0.15, 0.2) is 30.8 Å². The molecule has 1 N–H and O–H groups in total. The number of hydrogen-bond donors (Lipinski definition) is 1. The van der Waals surface area contributed by atoms with Crippen LogP contribution in [0.2, 0.25) is 0 Å². The molecule has 14 heavy (non-hydrogen) atoms. The summed E-state index contributed by atoms with van der Waals surface area (Å²) < 4.78 is 0. The van der Waals surface area contributed by atoms with E-state index in [1.807, 2.05) is 0 Å². The van der Waals surface area contributed by atoms with Crippen LogP contribution in [-0.2, 0) is 14.6 Å². The molecule has 0 aliphatic carbocycles. The van der Waals surface area contributed by atoms with Gasteiger partial charge in [0.1, 0.15) is 5.75 Å². The van der Waals surface area contributed by atoms with Crippen LogP contribution in [0.3, 0.4) is 0 Å². The van der Waals surface area contributed by atoms with Gasteiger partial charge >= 0.3 is 5.97 Å². The van der Waals surface area contributed by atoms with E-state index in [4.69, 9.17) is 0 Å². The van der Waals surface area contributed by atoms with Crippen LogP contribution in [-0.4, -0.2) is 18.2 Å². The van der Waals surface area contributed by atoms with Gasteiger partial charge in [-0.1, -0.05) is 24.8 Å². The van der Waals surface area contributed by atoms with Crippen molar-refractivity contribution in [3.63, 3.8) is 0 Å². The van der Waals surface area contributed by atoms with Gasteiger partial charge < -0.3 is 5.11 Å². The van der Waals surface area contributed by atoms with Crippen LogP contribution < -0.4 is 0 Å². The van der Waals surface area contributed by atoms with Gasteiger partial charge in [-0.2, -0.15) is 4.89 Å². The Morgan fingerprint density at radius 3 is 2.64 bits per heavy atom. The number of carbonyl (C=O) groups is 1. The minimum atomic E-state index is -0.728. The van der Waals surface area contributed by atoms with E-state index in [1.165, 1.54) is 13.2 Å². The number of rotatable bonds is 3. The van der Waals surface area contributed by atoms with E-state index in [0.717, 1.165) is 0 Å². The zero-order valence-electron chi connectivity index (χ0n) is 7.69. The monoisotopic (exact) mass is 194 g/mol. The van der Waals surface area contributed by atoms with Crippen LogP contribution >= 0.6 is 0 Å². The molecule has 1 aromatic rings. The van der Waals surface area contributed by atoms with Crippen molar-refractivity contribution < 1.29 is 19.7 Å². The number of aromatic hydroxyl groups is 1. The first-order chi connectivity index (χ1) is 6.66. The smallest absolute Gasteiger partial charge is 0.373 e. The summed E-state index contributed by atoms with van der Waals surface area (Å²) in [5.74, 6) is -0.750. The number of benzene rings is 1. The second kappa shape index (κ2) is 4.43. The highest BCUT2D eigenvalue weighted by Crippen LogP contribution is 2.23. The predicted molar refractivity (Wildman–Crippen MR) is 50.2 cm³/mol. The molecule has 4 nitrogen and oxygen atoms in total. The third-order valence-corrected chi connectivity index (χ3v) is 1.63. The summed E-state index contributed by atoms with van der Waals surface area (Å²) in [6, 6.07) is 6.35. The highest BCUT2D eigenvalue weighted by molar-refractivity contribution is 6.16. The summed E-state index contributed by atoms with van der Waals surface area (Å²) in [6.07, 6.45) is 0. The number of phenols is 1. The zero-order valence-corrected chi connectivity index (χ0v) is 7.69. The van der Waals surface area contributed by atoms with Gasteiger partial charge in [-0.05, 0) is 6.07 Å². The molecule has 0 bridgehead atoms. The maximum absolute atomic E-state index is 11.1. The van der Waals surface area contributed by atoms with Gasteiger partial charge in [0.05, 0.1) is 12.7 Å². The van der Waals surface area contributed by atoms with Crippen molar-refractivity contribution >= 4 is 11.5 Å². The maximum Gasteiger partial charge on any atom is 0.373 e. The molecule has 0 aliphatic heterocycles. The van der Waals surface area contributed by atoms with Crippen molar-refractivity contribution in [3.05, 3.63) is 36.4 Å². The number of para-hydroxylation sites is 1. The molecule has 0 aromatic heterocycles. The molecule has 1 aromatic carbocycles. The molecule has 74 valence electrons. The second-order valence-corrected chi connectivity index (χ2v) is 2.53. The van der Waals surface area contributed by atoms with Crippen molar-refractivity contribution in [2.45, 2.75) is 0 Å². The lowest BCUT2D eigenvalue weighted by atomic mass is 10.1. The molecule has 0 amide bonds. The Balaban J connectivity index is 2.90. The molecule has 0 heterocycles. The Morgan fingerprint density at radius 1 is 1.43 bits per heavy atom. The highest BCUT2D eigenvalue weighted by atomic mass is 17.2. The average molecular weight is 194 g/mol. The van der Waals surface area contributed by atoms with Crippen LogP contribution in [0.25, 0.3) is 5.57 Å². The fourth-order valence-electron chi connectivity index (χ4n) is 0.965. The molecule has 0 unspecified atom stereocenters. The molecule has 0 radical (unpaired) electrons. The van der Waals surface area contributed by atoms with Crippen LogP contribution in [0.4, 0.5) is 0 Å². The van der Waals surface area contributed by atoms with Gasteiger partial charge in [-0.15, -0.1) is 0 Å². The maximum atomic E-state index is 11.1. The zero-order chi connectivity index (χ0) is 10.6. The first kappa shape index (κ1) is 10.3. The predicted octanol–water partition coefficient (Wildman–Crippen LogP) is 1.51. The van der Waals surface area contributed by atoms with Crippen molar-refractivity contribution in [1.29, 1.82) is 0 Å². The van der Waals surface area contributed by atoms with E-state index in [0.29, 0.717) is 5.56 Å². The molecule has 4 heteroatoms. The van der Waals surface area contributed by atoms with Gasteiger partial charge in [-0.25, -0.2) is 4.79 Å². The molecular formula is C10H10O4. The number of hydrogen-bond acceptors (Lipinski definition) is 4. The number of phenolic OH excluding ortho intramolecular Hbond substituents is 1. The first-order valence-electron chi connectivity index (χ1n) is 3.89. The van der Waals surface area contributed by atoms with Crippen LogP contribution in [0.5, 0.6) is 5.75 Å². The highest BCUT2D eigenvalue weighted by Gasteiger charge is 2.14. The van der Waals surface area contributed by atoms with E-state index in [2.05, 4.69) is 16.4 Å². The summed E-state index contributed by atoms with van der Waals surface area (Å²) in [7, 11) is 1.22. The average Bonchev–Trinajstić information content (AvgIpc) is 2.18. The van der Waals surface area contributed by atoms with E-state index in [-0.39, 0.29) is 11.3 Å². The first-order valence-corrected chi connectivity index (χ1v) is 3.89. The normalized spacial score (nSPS) is 9.50. The Labute approximate surface area is 81.3 Å². The van der Waals surface area contributed by atoms with Crippen LogP contribution in [0, 0.1) is 0 Å². The molecule has 0 aliphatic rings. The Kier molecular flexibility index (Phi) is 3.25. The summed E-state index contributed by atoms with van der Waals surface area (Å²) in [6.45, 7) is 3.49. The lowest BCUT2D eigenvalue weighted by Gasteiger charge is -2.05. The minimum absolute atomic E-state index is 0.0226. The van der Waals surface area contributed by atoms with Gasteiger partial charge in [-0.3, -0.25) is 4.89 Å². The molecule has 0 spiro atoms. The molecule has 0 saturated carbocycles. The SMILES string of the molecule is C=C(C(=O)OOC)c1ccccc1O. The van der Waals surface area contributed by atoms with E-state index < -0.39 is 5.97 Å². The fourth-order valence-corrected chi connectivity index (χ4v) is 0.965. The van der Waals surface area contributed by atoms with E-state index >= 15 is 0 Å². The van der Waals surface area contributed by atoms with Gasteiger partial charge in [0, 0.05) is 5.56 Å². The van der Waals surface area contributed by atoms with E-state index in [9.17, 15) is 9.90 Å². The Hall–Kier alpha value is -1.81. The summed E-state index contributed by atoms with van der Waals surface area (Å²) in [5.41, 5.74) is 0.375. The molecule has 0 atom stereocenters. The standard InChI is InChI=1S/C10H10O4/c1-7(10(12)14-13-2)8-5-3-4-6-9(8)11/h3-6,11H,1H2,2H3. The number of carbonyl (C=O) groups excluding carboxylic acids is 1. The molecule has 1 rings (SSSR count). The summed E-state index contributed by atoms with van der Waals surface area (Å²) in [5, 5.41) is 9.39. The topological polar surface area (TPSA) is 55.8 Å². The van der Waals surface area contributed by atoms with Crippen molar-refractivity contribution in [3.8, 4) is 5.75 Å².